The van der Waals surface area contributed by atoms with Crippen molar-refractivity contribution >= 4 is 22.5 Å². The van der Waals surface area contributed by atoms with Gasteiger partial charge in [-0.05, 0) is 48.9 Å². The summed E-state index contributed by atoms with van der Waals surface area (Å²) in [7, 11) is 0. The summed E-state index contributed by atoms with van der Waals surface area (Å²) in [6.45, 7) is 2.12. The molecule has 2 nitrogen and oxygen atoms in total. The van der Waals surface area contributed by atoms with Crippen molar-refractivity contribution in [3.05, 3.63) is 59.2 Å². The summed E-state index contributed by atoms with van der Waals surface area (Å²) in [4.78, 5) is 0. The van der Waals surface area contributed by atoms with Crippen LogP contribution in [0.5, 0.6) is 5.75 Å². The summed E-state index contributed by atoms with van der Waals surface area (Å²) in [5.74, 6) is 0.383. The molecule has 102 valence electrons. The Kier molecular flexibility index (Phi) is 3.41. The zero-order valence-corrected chi connectivity index (χ0v) is 12.1. The Morgan fingerprint density at radius 2 is 1.80 bits per heavy atom. The van der Waals surface area contributed by atoms with Crippen molar-refractivity contribution < 1.29 is 5.11 Å². The standard InChI is InChI=1S/C17H16ClNO/c1-2-3-15-14-10-11-19(16(14)8-9-17(15)20)13-6-4-12(18)5-7-13/h4-11,20H,2-3H2,1H3. The minimum absolute atomic E-state index is 0.383. The van der Waals surface area contributed by atoms with E-state index < -0.39 is 0 Å². The van der Waals surface area contributed by atoms with E-state index in [4.69, 9.17) is 11.6 Å². The highest BCUT2D eigenvalue weighted by atomic mass is 35.5. The van der Waals surface area contributed by atoms with Crippen LogP contribution in [-0.4, -0.2) is 9.67 Å². The second-order valence-electron chi connectivity index (χ2n) is 4.91. The van der Waals surface area contributed by atoms with Gasteiger partial charge >= 0.3 is 0 Å². The third-order valence-electron chi connectivity index (χ3n) is 3.56. The lowest BCUT2D eigenvalue weighted by atomic mass is 10.0. The van der Waals surface area contributed by atoms with Crippen molar-refractivity contribution in [2.45, 2.75) is 19.8 Å². The maximum Gasteiger partial charge on any atom is 0.119 e. The summed E-state index contributed by atoms with van der Waals surface area (Å²) < 4.78 is 2.12. The topological polar surface area (TPSA) is 25.2 Å². The molecular formula is C17H16ClNO. The quantitative estimate of drug-likeness (QED) is 0.724. The smallest absolute Gasteiger partial charge is 0.119 e. The van der Waals surface area contributed by atoms with E-state index in [0.29, 0.717) is 5.75 Å². The fourth-order valence-electron chi connectivity index (χ4n) is 2.61. The monoisotopic (exact) mass is 285 g/mol. The number of nitrogens with zero attached hydrogens (tertiary/aromatic N) is 1. The number of aromatic hydroxyl groups is 1. The Morgan fingerprint density at radius 1 is 1.05 bits per heavy atom. The van der Waals surface area contributed by atoms with Gasteiger partial charge in [-0.25, -0.2) is 0 Å². The number of halogens is 1. The van der Waals surface area contributed by atoms with Crippen molar-refractivity contribution in [2.75, 3.05) is 0 Å². The molecule has 0 saturated heterocycles. The molecule has 0 aliphatic rings. The van der Waals surface area contributed by atoms with E-state index in [1.54, 1.807) is 6.07 Å². The van der Waals surface area contributed by atoms with Crippen LogP contribution in [0.1, 0.15) is 18.9 Å². The number of phenols is 1. The normalized spacial score (nSPS) is 11.1. The van der Waals surface area contributed by atoms with Crippen LogP contribution >= 0.6 is 11.6 Å². The largest absolute Gasteiger partial charge is 0.508 e. The number of aryl methyl sites for hydroxylation is 1. The number of hydrogen-bond donors (Lipinski definition) is 1. The highest BCUT2D eigenvalue weighted by molar-refractivity contribution is 6.30. The lowest BCUT2D eigenvalue weighted by Gasteiger charge is -2.08. The molecule has 3 aromatic rings. The molecule has 0 radical (unpaired) electrons. The molecule has 3 heteroatoms. The first-order valence-electron chi connectivity index (χ1n) is 6.78. The molecule has 2 aromatic carbocycles. The molecule has 0 aliphatic carbocycles. The third kappa shape index (κ3) is 2.16. The van der Waals surface area contributed by atoms with E-state index >= 15 is 0 Å². The second-order valence-corrected chi connectivity index (χ2v) is 5.34. The molecule has 1 N–H and O–H groups in total. The Labute approximate surface area is 123 Å². The van der Waals surface area contributed by atoms with E-state index in [1.807, 2.05) is 36.5 Å². The molecule has 3 rings (SSSR count). The van der Waals surface area contributed by atoms with Crippen LogP contribution in [0.2, 0.25) is 5.02 Å². The zero-order chi connectivity index (χ0) is 14.1. The Morgan fingerprint density at radius 3 is 2.50 bits per heavy atom. The van der Waals surface area contributed by atoms with Gasteiger partial charge < -0.3 is 9.67 Å². The minimum Gasteiger partial charge on any atom is -0.508 e. The maximum absolute atomic E-state index is 10.0. The van der Waals surface area contributed by atoms with E-state index in [1.165, 1.54) is 0 Å². The lowest BCUT2D eigenvalue weighted by Crippen LogP contribution is -1.92. The summed E-state index contributed by atoms with van der Waals surface area (Å²) in [6.07, 6.45) is 3.93. The molecule has 0 fully saturated rings. The van der Waals surface area contributed by atoms with Crippen LogP contribution < -0.4 is 0 Å². The molecule has 0 spiro atoms. The van der Waals surface area contributed by atoms with Crippen LogP contribution in [0.25, 0.3) is 16.6 Å². The molecule has 1 aromatic heterocycles. The lowest BCUT2D eigenvalue weighted by molar-refractivity contribution is 0.469. The molecule has 1 heterocycles. The van der Waals surface area contributed by atoms with E-state index in [9.17, 15) is 5.11 Å². The van der Waals surface area contributed by atoms with Crippen molar-refractivity contribution in [1.29, 1.82) is 0 Å². The second kappa shape index (κ2) is 5.22. The predicted molar refractivity (Wildman–Crippen MR) is 83.9 cm³/mol. The molecule has 20 heavy (non-hydrogen) atoms. The average molecular weight is 286 g/mol. The highest BCUT2D eigenvalue weighted by Crippen LogP contribution is 2.30. The van der Waals surface area contributed by atoms with Gasteiger partial charge in [0.15, 0.2) is 0 Å². The van der Waals surface area contributed by atoms with Crippen LogP contribution in [-0.2, 0) is 6.42 Å². The molecule has 0 saturated carbocycles. The Hall–Kier alpha value is -1.93. The van der Waals surface area contributed by atoms with E-state index in [-0.39, 0.29) is 0 Å². The summed E-state index contributed by atoms with van der Waals surface area (Å²) >= 11 is 5.94. The van der Waals surface area contributed by atoms with Gasteiger partial charge in [-0.3, -0.25) is 0 Å². The van der Waals surface area contributed by atoms with E-state index in [2.05, 4.69) is 17.6 Å². The van der Waals surface area contributed by atoms with Crippen molar-refractivity contribution in [2.24, 2.45) is 0 Å². The van der Waals surface area contributed by atoms with Crippen molar-refractivity contribution in [3.63, 3.8) is 0 Å². The fourth-order valence-corrected chi connectivity index (χ4v) is 2.73. The minimum atomic E-state index is 0.383. The fraction of sp³-hybridized carbons (Fsp3) is 0.176. The van der Waals surface area contributed by atoms with Gasteiger partial charge in [-0.2, -0.15) is 0 Å². The van der Waals surface area contributed by atoms with Gasteiger partial charge in [-0.15, -0.1) is 0 Å². The van der Waals surface area contributed by atoms with Crippen LogP contribution in [0.15, 0.2) is 48.7 Å². The highest BCUT2D eigenvalue weighted by Gasteiger charge is 2.10. The van der Waals surface area contributed by atoms with Gasteiger partial charge in [0.1, 0.15) is 5.75 Å². The molecule has 0 unspecified atom stereocenters. The average Bonchev–Trinajstić information content (AvgIpc) is 2.87. The van der Waals surface area contributed by atoms with Crippen molar-refractivity contribution in [1.82, 2.24) is 4.57 Å². The summed E-state index contributed by atoms with van der Waals surface area (Å²) in [6, 6.07) is 13.6. The number of phenolic OH excluding ortho intramolecular Hbond substituents is 1. The van der Waals surface area contributed by atoms with E-state index in [0.717, 1.165) is 40.0 Å². The number of hydrogen-bond acceptors (Lipinski definition) is 1. The molecule has 0 bridgehead atoms. The van der Waals surface area contributed by atoms with Crippen LogP contribution in [0, 0.1) is 0 Å². The van der Waals surface area contributed by atoms with Gasteiger partial charge in [0.2, 0.25) is 0 Å². The van der Waals surface area contributed by atoms with Gasteiger partial charge in [0.25, 0.3) is 0 Å². The first kappa shape index (κ1) is 13.1. The SMILES string of the molecule is CCCc1c(O)ccc2c1ccn2-c1ccc(Cl)cc1. The molecule has 0 aliphatic heterocycles. The van der Waals surface area contributed by atoms with Gasteiger partial charge in [0, 0.05) is 27.9 Å². The Bertz CT molecular complexity index is 744. The molecule has 0 amide bonds. The number of fused-ring (bicyclic) bond motifs is 1. The number of benzene rings is 2. The van der Waals surface area contributed by atoms with Gasteiger partial charge in [0.05, 0.1) is 5.52 Å². The third-order valence-corrected chi connectivity index (χ3v) is 3.82. The van der Waals surface area contributed by atoms with Crippen LogP contribution in [0.3, 0.4) is 0 Å². The maximum atomic E-state index is 10.0. The van der Waals surface area contributed by atoms with Crippen LogP contribution in [0.4, 0.5) is 0 Å². The number of aromatic nitrogens is 1. The summed E-state index contributed by atoms with van der Waals surface area (Å²) in [5.41, 5.74) is 3.20. The first-order chi connectivity index (χ1) is 9.70. The van der Waals surface area contributed by atoms with Crippen molar-refractivity contribution in [3.8, 4) is 11.4 Å². The summed E-state index contributed by atoms with van der Waals surface area (Å²) in [5, 5.41) is 11.9. The number of rotatable bonds is 3. The Balaban J connectivity index is 2.19. The van der Waals surface area contributed by atoms with Gasteiger partial charge in [-0.1, -0.05) is 24.9 Å². The predicted octanol–water partition coefficient (Wildman–Crippen LogP) is 4.94. The molecular weight excluding hydrogens is 270 g/mol. The molecule has 0 atom stereocenters. The zero-order valence-electron chi connectivity index (χ0n) is 11.3. The first-order valence-corrected chi connectivity index (χ1v) is 7.16.